The number of carbonyl (C=O) groups excluding carboxylic acids is 3. The van der Waals surface area contributed by atoms with E-state index in [-0.39, 0.29) is 30.3 Å². The summed E-state index contributed by atoms with van der Waals surface area (Å²) in [6.07, 6.45) is 3.33. The number of hydrogen-bond acceptors (Lipinski definition) is 8. The van der Waals surface area contributed by atoms with Crippen LogP contribution < -0.4 is 21.7 Å². The fourth-order valence-electron chi connectivity index (χ4n) is 3.53. The fourth-order valence-corrected chi connectivity index (χ4v) is 3.77. The molecule has 2 aromatic rings. The van der Waals surface area contributed by atoms with Crippen molar-refractivity contribution in [1.82, 2.24) is 25.9 Å². The monoisotopic (exact) mass is 534 g/mol. The van der Waals surface area contributed by atoms with Gasteiger partial charge in [-0.2, -0.15) is 12.6 Å². The molecule has 1 aromatic carbocycles. The summed E-state index contributed by atoms with van der Waals surface area (Å²) in [5.74, 6) is -3.16. The predicted octanol–water partition coefficient (Wildman–Crippen LogP) is -0.257. The molecule has 2 rings (SSSR count). The van der Waals surface area contributed by atoms with Crippen molar-refractivity contribution >= 4 is 36.3 Å². The molecule has 0 saturated heterocycles. The lowest BCUT2D eigenvalue weighted by atomic mass is 10.0. The standard InChI is InChI=1S/C24H34N6O6S/c1-13(2)7-17(25)21(32)28-18(8-14-3-5-16(31)6-4-14)22(33)29-19(9-15-10-26-12-27-15)23(34)30-20(11-37)24(35)36/h3-6,10,12-13,17-20,31,37H,7-9,11,25H2,1-2H3,(H,26,27)(H,28,32)(H,29,33)(H,30,34)(H,35,36). The Morgan fingerprint density at radius 3 is 2.05 bits per heavy atom. The van der Waals surface area contributed by atoms with Crippen LogP contribution in [-0.4, -0.2) is 73.8 Å². The molecule has 12 nitrogen and oxygen atoms in total. The number of thiol groups is 1. The Morgan fingerprint density at radius 2 is 1.54 bits per heavy atom. The van der Waals surface area contributed by atoms with Crippen molar-refractivity contribution in [2.45, 2.75) is 57.3 Å². The third kappa shape index (κ3) is 9.77. The van der Waals surface area contributed by atoms with Crippen molar-refractivity contribution in [3.63, 3.8) is 0 Å². The zero-order chi connectivity index (χ0) is 27.5. The number of carboxylic acid groups (broad SMARTS) is 1. The highest BCUT2D eigenvalue weighted by Gasteiger charge is 2.30. The van der Waals surface area contributed by atoms with Crippen LogP contribution in [0.2, 0.25) is 0 Å². The van der Waals surface area contributed by atoms with Crippen LogP contribution in [0.5, 0.6) is 5.75 Å². The van der Waals surface area contributed by atoms with E-state index in [1.807, 2.05) is 13.8 Å². The van der Waals surface area contributed by atoms with Crippen molar-refractivity contribution in [2.75, 3.05) is 5.75 Å². The largest absolute Gasteiger partial charge is 0.508 e. The molecule has 0 bridgehead atoms. The van der Waals surface area contributed by atoms with Crippen LogP contribution in [0.1, 0.15) is 31.5 Å². The number of carboxylic acids is 1. The van der Waals surface area contributed by atoms with Gasteiger partial charge in [0.25, 0.3) is 0 Å². The predicted molar refractivity (Wildman–Crippen MR) is 139 cm³/mol. The number of carbonyl (C=O) groups is 4. The number of rotatable bonds is 14. The number of hydrogen-bond donors (Lipinski definition) is 8. The topological polar surface area (TPSA) is 200 Å². The van der Waals surface area contributed by atoms with E-state index < -0.39 is 47.9 Å². The summed E-state index contributed by atoms with van der Waals surface area (Å²) in [6.45, 7) is 3.84. The SMILES string of the molecule is CC(C)CC(N)C(=O)NC(Cc1ccc(O)cc1)C(=O)NC(Cc1cnc[nH]1)C(=O)NC(CS)C(=O)O. The molecule has 4 unspecified atom stereocenters. The number of nitrogens with two attached hydrogens (primary N) is 1. The van der Waals surface area contributed by atoms with Crippen LogP contribution in [0.15, 0.2) is 36.8 Å². The van der Waals surface area contributed by atoms with Gasteiger partial charge in [0.15, 0.2) is 0 Å². The van der Waals surface area contributed by atoms with E-state index >= 15 is 0 Å². The van der Waals surface area contributed by atoms with Crippen molar-refractivity contribution in [3.05, 3.63) is 48.0 Å². The number of phenols is 1. The van der Waals surface area contributed by atoms with Gasteiger partial charge in [-0.15, -0.1) is 0 Å². The van der Waals surface area contributed by atoms with Crippen LogP contribution in [0.25, 0.3) is 0 Å². The normalized spacial score (nSPS) is 14.3. The first kappa shape index (κ1) is 29.6. The number of aromatic hydroxyl groups is 1. The maximum absolute atomic E-state index is 13.4. The Kier molecular flexibility index (Phi) is 11.4. The number of nitrogens with one attached hydrogen (secondary N) is 4. The van der Waals surface area contributed by atoms with Gasteiger partial charge >= 0.3 is 5.97 Å². The van der Waals surface area contributed by atoms with E-state index in [0.29, 0.717) is 17.7 Å². The van der Waals surface area contributed by atoms with Gasteiger partial charge in [0.05, 0.1) is 12.4 Å². The van der Waals surface area contributed by atoms with Crippen LogP contribution in [0.3, 0.4) is 0 Å². The van der Waals surface area contributed by atoms with E-state index in [2.05, 4.69) is 38.5 Å². The summed E-state index contributed by atoms with van der Waals surface area (Å²) >= 11 is 3.96. The molecule has 202 valence electrons. The number of nitrogens with zero attached hydrogens (tertiary/aromatic N) is 1. The zero-order valence-electron chi connectivity index (χ0n) is 20.7. The number of imidazole rings is 1. The lowest BCUT2D eigenvalue weighted by Gasteiger charge is -2.25. The second-order valence-electron chi connectivity index (χ2n) is 9.09. The van der Waals surface area contributed by atoms with Crippen molar-refractivity contribution < 1.29 is 29.4 Å². The average molecular weight is 535 g/mol. The minimum Gasteiger partial charge on any atom is -0.508 e. The van der Waals surface area contributed by atoms with E-state index in [9.17, 15) is 29.4 Å². The molecule has 37 heavy (non-hydrogen) atoms. The lowest BCUT2D eigenvalue weighted by Crippen LogP contribution is -2.58. The van der Waals surface area contributed by atoms with Gasteiger partial charge in [-0.25, -0.2) is 9.78 Å². The average Bonchev–Trinajstić information content (AvgIpc) is 3.35. The van der Waals surface area contributed by atoms with Gasteiger partial charge in [0.1, 0.15) is 23.9 Å². The number of aromatic amines is 1. The maximum Gasteiger partial charge on any atom is 0.327 e. The van der Waals surface area contributed by atoms with Gasteiger partial charge in [0.2, 0.25) is 17.7 Å². The first-order valence-electron chi connectivity index (χ1n) is 11.8. The first-order valence-corrected chi connectivity index (χ1v) is 12.4. The molecule has 0 saturated carbocycles. The highest BCUT2D eigenvalue weighted by Crippen LogP contribution is 2.12. The zero-order valence-corrected chi connectivity index (χ0v) is 21.6. The summed E-state index contributed by atoms with van der Waals surface area (Å²) in [7, 11) is 0. The molecule has 3 amide bonds. The molecule has 1 heterocycles. The second-order valence-corrected chi connectivity index (χ2v) is 9.46. The third-order valence-corrected chi connectivity index (χ3v) is 5.85. The Labute approximate surface area is 220 Å². The van der Waals surface area contributed by atoms with Crippen molar-refractivity contribution in [2.24, 2.45) is 11.7 Å². The molecule has 0 spiro atoms. The molecule has 0 aliphatic carbocycles. The maximum atomic E-state index is 13.4. The van der Waals surface area contributed by atoms with E-state index in [0.717, 1.165) is 0 Å². The summed E-state index contributed by atoms with van der Waals surface area (Å²) < 4.78 is 0. The van der Waals surface area contributed by atoms with Gasteiger partial charge in [-0.3, -0.25) is 14.4 Å². The molecule has 13 heteroatoms. The van der Waals surface area contributed by atoms with Gasteiger partial charge in [-0.05, 0) is 30.0 Å². The van der Waals surface area contributed by atoms with Gasteiger partial charge in [-0.1, -0.05) is 26.0 Å². The number of H-pyrrole nitrogens is 1. The third-order valence-electron chi connectivity index (χ3n) is 5.48. The highest BCUT2D eigenvalue weighted by molar-refractivity contribution is 7.80. The van der Waals surface area contributed by atoms with E-state index in [4.69, 9.17) is 5.73 Å². The van der Waals surface area contributed by atoms with Crippen LogP contribution >= 0.6 is 12.6 Å². The molecule has 1 aromatic heterocycles. The number of benzene rings is 1. The van der Waals surface area contributed by atoms with Crippen LogP contribution in [0.4, 0.5) is 0 Å². The number of phenolic OH excluding ortho intramolecular Hbond substituents is 1. The van der Waals surface area contributed by atoms with Gasteiger partial charge in [0, 0.05) is 30.5 Å². The number of aromatic nitrogens is 2. The van der Waals surface area contributed by atoms with Crippen molar-refractivity contribution in [1.29, 1.82) is 0 Å². The smallest absolute Gasteiger partial charge is 0.327 e. The fraction of sp³-hybridized carbons (Fsp3) is 0.458. The summed E-state index contributed by atoms with van der Waals surface area (Å²) in [5, 5.41) is 26.5. The lowest BCUT2D eigenvalue weighted by molar-refractivity contribution is -0.141. The minimum absolute atomic E-state index is 0.0107. The molecule has 0 radical (unpaired) electrons. The number of aliphatic carboxylic acids is 1. The quantitative estimate of drug-likeness (QED) is 0.152. The van der Waals surface area contributed by atoms with E-state index in [1.54, 1.807) is 12.1 Å². The minimum atomic E-state index is -1.27. The first-order chi connectivity index (χ1) is 17.5. The summed E-state index contributed by atoms with van der Waals surface area (Å²) in [6, 6.07) is 1.72. The highest BCUT2D eigenvalue weighted by atomic mass is 32.1. The number of amides is 3. The Hall–Kier alpha value is -3.58. The molecule has 0 fully saturated rings. The molecular formula is C24H34N6O6S. The molecule has 0 aliphatic rings. The summed E-state index contributed by atoms with van der Waals surface area (Å²) in [4.78, 5) is 57.2. The Balaban J connectivity index is 2.27. The Bertz CT molecular complexity index is 1050. The van der Waals surface area contributed by atoms with Gasteiger partial charge < -0.3 is 36.9 Å². The van der Waals surface area contributed by atoms with Crippen LogP contribution in [0, 0.1) is 5.92 Å². The second kappa shape index (κ2) is 14.2. The Morgan fingerprint density at radius 1 is 0.973 bits per heavy atom. The summed E-state index contributed by atoms with van der Waals surface area (Å²) in [5.41, 5.74) is 7.17. The van der Waals surface area contributed by atoms with Crippen LogP contribution in [-0.2, 0) is 32.0 Å². The molecular weight excluding hydrogens is 500 g/mol. The molecule has 4 atom stereocenters. The van der Waals surface area contributed by atoms with Crippen molar-refractivity contribution in [3.8, 4) is 5.75 Å². The molecule has 8 N–H and O–H groups in total. The molecule has 0 aliphatic heterocycles. The van der Waals surface area contributed by atoms with E-state index in [1.165, 1.54) is 24.7 Å².